The summed E-state index contributed by atoms with van der Waals surface area (Å²) < 4.78 is 0. The summed E-state index contributed by atoms with van der Waals surface area (Å²) in [6.45, 7) is 10.2. The average Bonchev–Trinajstić information content (AvgIpc) is 2.60. The van der Waals surface area contributed by atoms with Crippen LogP contribution in [-0.4, -0.2) is 22.1 Å². The van der Waals surface area contributed by atoms with Gasteiger partial charge in [-0.15, -0.1) is 0 Å². The minimum absolute atomic E-state index is 0.0463. The molecule has 134 valence electrons. The number of carbonyl (C=O) groups excluding carboxylic acids is 1. The van der Waals surface area contributed by atoms with Crippen molar-refractivity contribution >= 4 is 16.7 Å². The Bertz CT molecular complexity index is 961. The zero-order valence-corrected chi connectivity index (χ0v) is 16.0. The van der Waals surface area contributed by atoms with Crippen LogP contribution in [0.15, 0.2) is 42.6 Å². The highest BCUT2D eigenvalue weighted by molar-refractivity contribution is 5.96. The smallest absolute Gasteiger partial charge is 0.251 e. The Morgan fingerprint density at radius 3 is 2.50 bits per heavy atom. The van der Waals surface area contributed by atoms with Crippen LogP contribution >= 0.6 is 0 Å². The summed E-state index contributed by atoms with van der Waals surface area (Å²) in [7, 11) is 0. The van der Waals surface area contributed by atoms with E-state index in [0.29, 0.717) is 11.5 Å². The number of nitrogens with one attached hydrogen (secondary N) is 1. The van der Waals surface area contributed by atoms with Gasteiger partial charge in [0.25, 0.3) is 5.91 Å². The molecule has 0 saturated heterocycles. The number of nitrogens with zero attached hydrogens (tertiary/aromatic N) is 2. The summed E-state index contributed by atoms with van der Waals surface area (Å²) in [6.07, 6.45) is 1.80. The lowest BCUT2D eigenvalue weighted by atomic mass is 9.95. The largest absolute Gasteiger partial charge is 0.350 e. The van der Waals surface area contributed by atoms with Crippen LogP contribution in [-0.2, 0) is 0 Å². The van der Waals surface area contributed by atoms with Gasteiger partial charge >= 0.3 is 0 Å². The number of rotatable bonds is 4. The summed E-state index contributed by atoms with van der Waals surface area (Å²) in [5.41, 5.74) is 4.96. The molecule has 0 radical (unpaired) electrons. The molecule has 0 bridgehead atoms. The van der Waals surface area contributed by atoms with E-state index < -0.39 is 0 Å². The molecule has 2 aromatic carbocycles. The SMILES string of the molecule is Cc1ccc(C(=O)NC(C)C)cc1-c1ccc2c(C(C)C)nncc2c1. The van der Waals surface area contributed by atoms with Crippen molar-refractivity contribution in [2.45, 2.75) is 46.6 Å². The molecule has 3 aromatic rings. The molecule has 4 nitrogen and oxygen atoms in total. The van der Waals surface area contributed by atoms with Gasteiger partial charge in [-0.3, -0.25) is 4.79 Å². The minimum atomic E-state index is -0.0463. The number of carbonyl (C=O) groups is 1. The number of fused-ring (bicyclic) bond motifs is 1. The molecule has 0 atom stereocenters. The third-order valence-corrected chi connectivity index (χ3v) is 4.47. The third-order valence-electron chi connectivity index (χ3n) is 4.47. The summed E-state index contributed by atoms with van der Waals surface area (Å²) in [5, 5.41) is 13.6. The van der Waals surface area contributed by atoms with Gasteiger partial charge in [0.1, 0.15) is 0 Å². The van der Waals surface area contributed by atoms with E-state index in [9.17, 15) is 4.79 Å². The van der Waals surface area contributed by atoms with Crippen LogP contribution in [0.1, 0.15) is 55.2 Å². The van der Waals surface area contributed by atoms with E-state index in [-0.39, 0.29) is 11.9 Å². The van der Waals surface area contributed by atoms with Gasteiger partial charge in [-0.25, -0.2) is 0 Å². The number of hydrogen-bond donors (Lipinski definition) is 1. The second-order valence-corrected chi connectivity index (χ2v) is 7.34. The van der Waals surface area contributed by atoms with Gasteiger partial charge in [0.05, 0.1) is 11.9 Å². The molecule has 0 saturated carbocycles. The van der Waals surface area contributed by atoms with Crippen molar-refractivity contribution in [1.29, 1.82) is 0 Å². The van der Waals surface area contributed by atoms with Crippen molar-refractivity contribution in [3.05, 3.63) is 59.4 Å². The predicted octanol–water partition coefficient (Wildman–Crippen LogP) is 4.87. The second-order valence-electron chi connectivity index (χ2n) is 7.34. The van der Waals surface area contributed by atoms with E-state index in [4.69, 9.17) is 0 Å². The monoisotopic (exact) mass is 347 g/mol. The Morgan fingerprint density at radius 1 is 1.04 bits per heavy atom. The van der Waals surface area contributed by atoms with E-state index in [2.05, 4.69) is 54.5 Å². The number of aryl methyl sites for hydroxylation is 1. The highest BCUT2D eigenvalue weighted by atomic mass is 16.1. The number of aromatic nitrogens is 2. The molecular weight excluding hydrogens is 322 g/mol. The number of benzene rings is 2. The van der Waals surface area contributed by atoms with Crippen molar-refractivity contribution in [3.63, 3.8) is 0 Å². The first-order chi connectivity index (χ1) is 12.4. The average molecular weight is 347 g/mol. The summed E-state index contributed by atoms with van der Waals surface area (Å²) in [6, 6.07) is 12.3. The van der Waals surface area contributed by atoms with Gasteiger partial charge in [0.15, 0.2) is 0 Å². The van der Waals surface area contributed by atoms with Gasteiger partial charge in [-0.2, -0.15) is 10.2 Å². The van der Waals surface area contributed by atoms with Crippen molar-refractivity contribution in [3.8, 4) is 11.1 Å². The number of amides is 1. The molecular formula is C22H25N3O. The topological polar surface area (TPSA) is 54.9 Å². The Hall–Kier alpha value is -2.75. The van der Waals surface area contributed by atoms with Crippen molar-refractivity contribution < 1.29 is 4.79 Å². The maximum atomic E-state index is 12.4. The quantitative estimate of drug-likeness (QED) is 0.733. The summed E-state index contributed by atoms with van der Waals surface area (Å²) in [5.74, 6) is 0.275. The molecule has 3 rings (SSSR count). The first kappa shape index (κ1) is 18.1. The van der Waals surface area contributed by atoms with E-state index in [1.165, 1.54) is 0 Å². The van der Waals surface area contributed by atoms with Crippen LogP contribution < -0.4 is 5.32 Å². The van der Waals surface area contributed by atoms with Crippen LogP contribution in [0.3, 0.4) is 0 Å². The molecule has 1 N–H and O–H groups in total. The molecule has 0 aliphatic heterocycles. The molecule has 0 aliphatic carbocycles. The van der Waals surface area contributed by atoms with Gasteiger partial charge in [-0.1, -0.05) is 32.0 Å². The highest BCUT2D eigenvalue weighted by Gasteiger charge is 2.12. The Kier molecular flexibility index (Phi) is 5.03. The zero-order chi connectivity index (χ0) is 18.8. The molecule has 0 spiro atoms. The minimum Gasteiger partial charge on any atom is -0.350 e. The fourth-order valence-corrected chi connectivity index (χ4v) is 3.12. The Balaban J connectivity index is 2.07. The maximum absolute atomic E-state index is 12.4. The second kappa shape index (κ2) is 7.24. The third kappa shape index (κ3) is 3.59. The molecule has 0 unspecified atom stereocenters. The van der Waals surface area contributed by atoms with Gasteiger partial charge in [-0.05, 0) is 61.6 Å². The lowest BCUT2D eigenvalue weighted by Crippen LogP contribution is -2.30. The van der Waals surface area contributed by atoms with Crippen molar-refractivity contribution in [2.24, 2.45) is 0 Å². The van der Waals surface area contributed by atoms with Gasteiger partial charge in [0, 0.05) is 22.4 Å². The predicted molar refractivity (Wildman–Crippen MR) is 106 cm³/mol. The van der Waals surface area contributed by atoms with Crippen LogP contribution in [0.25, 0.3) is 21.9 Å². The van der Waals surface area contributed by atoms with Crippen LogP contribution in [0.2, 0.25) is 0 Å². The fraction of sp³-hybridized carbons (Fsp3) is 0.318. The lowest BCUT2D eigenvalue weighted by Gasteiger charge is -2.13. The molecule has 1 aromatic heterocycles. The first-order valence-corrected chi connectivity index (χ1v) is 9.04. The van der Waals surface area contributed by atoms with Crippen molar-refractivity contribution in [1.82, 2.24) is 15.5 Å². The van der Waals surface area contributed by atoms with Crippen molar-refractivity contribution in [2.75, 3.05) is 0 Å². The molecule has 0 aliphatic rings. The van der Waals surface area contributed by atoms with E-state index in [1.54, 1.807) is 6.20 Å². The Morgan fingerprint density at radius 2 is 1.81 bits per heavy atom. The van der Waals surface area contributed by atoms with Crippen LogP contribution in [0.5, 0.6) is 0 Å². The summed E-state index contributed by atoms with van der Waals surface area (Å²) >= 11 is 0. The van der Waals surface area contributed by atoms with E-state index >= 15 is 0 Å². The van der Waals surface area contributed by atoms with E-state index in [1.807, 2.05) is 32.0 Å². The number of hydrogen-bond acceptors (Lipinski definition) is 3. The fourth-order valence-electron chi connectivity index (χ4n) is 3.12. The molecule has 26 heavy (non-hydrogen) atoms. The standard InChI is InChI=1S/C22H25N3O/c1-13(2)21-19-9-8-16(10-18(19)12-23-25-21)20-11-17(7-6-15(20)5)22(26)24-14(3)4/h6-14H,1-5H3,(H,24,26). The Labute approximate surface area is 154 Å². The molecule has 4 heteroatoms. The zero-order valence-electron chi connectivity index (χ0n) is 16.0. The van der Waals surface area contributed by atoms with E-state index in [0.717, 1.165) is 33.2 Å². The van der Waals surface area contributed by atoms with Crippen LogP contribution in [0.4, 0.5) is 0 Å². The van der Waals surface area contributed by atoms with Gasteiger partial charge in [0.2, 0.25) is 0 Å². The highest BCUT2D eigenvalue weighted by Crippen LogP contribution is 2.30. The molecule has 1 amide bonds. The summed E-state index contributed by atoms with van der Waals surface area (Å²) in [4.78, 5) is 12.4. The maximum Gasteiger partial charge on any atom is 0.251 e. The van der Waals surface area contributed by atoms with Gasteiger partial charge < -0.3 is 5.32 Å². The normalized spacial score (nSPS) is 11.3. The molecule has 1 heterocycles. The molecule has 0 fully saturated rings. The lowest BCUT2D eigenvalue weighted by molar-refractivity contribution is 0.0943. The van der Waals surface area contributed by atoms with Crippen LogP contribution in [0, 0.1) is 6.92 Å². The first-order valence-electron chi connectivity index (χ1n) is 9.04.